The van der Waals surface area contributed by atoms with Gasteiger partial charge in [-0.1, -0.05) is 13.3 Å². The molecule has 0 aromatic rings. The molecule has 1 nitrogen and oxygen atoms in total. The van der Waals surface area contributed by atoms with E-state index in [0.29, 0.717) is 12.3 Å². The van der Waals surface area contributed by atoms with Gasteiger partial charge in [0.1, 0.15) is 0 Å². The van der Waals surface area contributed by atoms with Crippen LogP contribution >= 0.6 is 0 Å². The third kappa shape index (κ3) is 1.81. The highest BCUT2D eigenvalue weighted by atomic mass is 16.1. The molecule has 0 bridgehead atoms. The highest BCUT2D eigenvalue weighted by molar-refractivity contribution is 5.50. The Kier molecular flexibility index (Phi) is 2.26. The van der Waals surface area contributed by atoms with Crippen LogP contribution in [-0.4, -0.2) is 6.29 Å². The van der Waals surface area contributed by atoms with Gasteiger partial charge in [-0.3, -0.25) is 4.79 Å². The highest BCUT2D eigenvalue weighted by Crippen LogP contribution is 2.31. The lowest BCUT2D eigenvalue weighted by atomic mass is 10.0. The van der Waals surface area contributed by atoms with Crippen molar-refractivity contribution in [2.75, 3.05) is 0 Å². The SMILES string of the molecule is CC1CCC(C[C]=O)C1. The molecule has 2 unspecified atom stereocenters. The van der Waals surface area contributed by atoms with E-state index in [9.17, 15) is 4.79 Å². The lowest BCUT2D eigenvalue weighted by molar-refractivity contribution is 0.496. The Balaban J connectivity index is 2.21. The Bertz CT molecular complexity index is 98.7. The van der Waals surface area contributed by atoms with Gasteiger partial charge in [0.15, 0.2) is 6.29 Å². The van der Waals surface area contributed by atoms with Gasteiger partial charge in [-0.15, -0.1) is 0 Å². The van der Waals surface area contributed by atoms with E-state index in [0.717, 1.165) is 5.92 Å². The molecule has 1 saturated carbocycles. The first-order chi connectivity index (χ1) is 4.33. The molecule has 0 aromatic carbocycles. The Hall–Kier alpha value is -0.330. The second kappa shape index (κ2) is 3.00. The summed E-state index contributed by atoms with van der Waals surface area (Å²) < 4.78 is 0. The number of hydrogen-bond donors (Lipinski definition) is 0. The zero-order valence-electron chi connectivity index (χ0n) is 5.89. The number of rotatable bonds is 2. The van der Waals surface area contributed by atoms with E-state index >= 15 is 0 Å². The molecule has 1 fully saturated rings. The first-order valence-corrected chi connectivity index (χ1v) is 3.68. The molecule has 1 rings (SSSR count). The quantitative estimate of drug-likeness (QED) is 0.551. The van der Waals surface area contributed by atoms with Gasteiger partial charge in [0.2, 0.25) is 0 Å². The zero-order chi connectivity index (χ0) is 6.69. The standard InChI is InChI=1S/C8H13O/c1-7-2-3-8(6-7)4-5-9/h7-8H,2-4,6H2,1H3. The van der Waals surface area contributed by atoms with Crippen LogP contribution in [0.3, 0.4) is 0 Å². The maximum Gasteiger partial charge on any atom is 0.198 e. The van der Waals surface area contributed by atoms with Crippen LogP contribution < -0.4 is 0 Å². The van der Waals surface area contributed by atoms with Crippen LogP contribution in [0.4, 0.5) is 0 Å². The topological polar surface area (TPSA) is 17.1 Å². The smallest absolute Gasteiger partial charge is 0.198 e. The normalized spacial score (nSPS) is 34.8. The molecule has 0 spiro atoms. The summed E-state index contributed by atoms with van der Waals surface area (Å²) in [7, 11) is 0. The van der Waals surface area contributed by atoms with Crippen molar-refractivity contribution >= 4 is 6.29 Å². The van der Waals surface area contributed by atoms with E-state index < -0.39 is 0 Å². The molecule has 0 heterocycles. The summed E-state index contributed by atoms with van der Waals surface area (Å²) in [5.74, 6) is 1.51. The van der Waals surface area contributed by atoms with Gasteiger partial charge in [-0.25, -0.2) is 0 Å². The second-order valence-corrected chi connectivity index (χ2v) is 3.13. The van der Waals surface area contributed by atoms with Crippen molar-refractivity contribution in [1.82, 2.24) is 0 Å². The fourth-order valence-corrected chi connectivity index (χ4v) is 1.63. The van der Waals surface area contributed by atoms with Crippen LogP contribution in [-0.2, 0) is 4.79 Å². The average Bonchev–Trinajstić information content (AvgIpc) is 2.17. The Morgan fingerprint density at radius 1 is 1.56 bits per heavy atom. The largest absolute Gasteiger partial charge is 0.291 e. The highest BCUT2D eigenvalue weighted by Gasteiger charge is 2.20. The van der Waals surface area contributed by atoms with Gasteiger partial charge in [0.25, 0.3) is 0 Å². The van der Waals surface area contributed by atoms with Crippen molar-refractivity contribution in [3.05, 3.63) is 0 Å². The third-order valence-corrected chi connectivity index (χ3v) is 2.18. The zero-order valence-corrected chi connectivity index (χ0v) is 5.89. The van der Waals surface area contributed by atoms with E-state index in [-0.39, 0.29) is 0 Å². The van der Waals surface area contributed by atoms with Gasteiger partial charge >= 0.3 is 0 Å². The van der Waals surface area contributed by atoms with Crippen LogP contribution in [0.15, 0.2) is 0 Å². The minimum atomic E-state index is 0.664. The van der Waals surface area contributed by atoms with Crippen molar-refractivity contribution < 1.29 is 4.79 Å². The Morgan fingerprint density at radius 2 is 2.33 bits per heavy atom. The molecule has 1 aliphatic carbocycles. The Morgan fingerprint density at radius 3 is 2.78 bits per heavy atom. The van der Waals surface area contributed by atoms with Crippen molar-refractivity contribution in [1.29, 1.82) is 0 Å². The summed E-state index contributed by atoms with van der Waals surface area (Å²) in [6.07, 6.45) is 6.45. The molecule has 0 aromatic heterocycles. The minimum absolute atomic E-state index is 0.664. The maximum absolute atomic E-state index is 9.94. The van der Waals surface area contributed by atoms with Crippen LogP contribution in [0.25, 0.3) is 0 Å². The van der Waals surface area contributed by atoms with Crippen molar-refractivity contribution in [2.45, 2.75) is 32.6 Å². The molecule has 0 saturated heterocycles. The van der Waals surface area contributed by atoms with Gasteiger partial charge in [0, 0.05) is 6.42 Å². The van der Waals surface area contributed by atoms with E-state index in [1.807, 2.05) is 6.29 Å². The monoisotopic (exact) mass is 125 g/mol. The van der Waals surface area contributed by atoms with Crippen molar-refractivity contribution in [3.63, 3.8) is 0 Å². The summed E-state index contributed by atoms with van der Waals surface area (Å²) in [4.78, 5) is 9.94. The van der Waals surface area contributed by atoms with Gasteiger partial charge < -0.3 is 0 Å². The molecule has 1 aliphatic rings. The van der Waals surface area contributed by atoms with Gasteiger partial charge in [0.05, 0.1) is 0 Å². The molecule has 1 heteroatoms. The first-order valence-electron chi connectivity index (χ1n) is 3.68. The van der Waals surface area contributed by atoms with E-state index in [1.54, 1.807) is 0 Å². The third-order valence-electron chi connectivity index (χ3n) is 2.18. The van der Waals surface area contributed by atoms with Crippen molar-refractivity contribution in [3.8, 4) is 0 Å². The molecule has 0 N–H and O–H groups in total. The molecule has 1 radical (unpaired) electrons. The summed E-state index contributed by atoms with van der Waals surface area (Å²) in [5.41, 5.74) is 0. The first kappa shape index (κ1) is 6.79. The van der Waals surface area contributed by atoms with Crippen molar-refractivity contribution in [2.24, 2.45) is 11.8 Å². The molecule has 0 aliphatic heterocycles. The molecular formula is C8H13O. The summed E-state index contributed by atoms with van der Waals surface area (Å²) >= 11 is 0. The predicted molar refractivity (Wildman–Crippen MR) is 36.8 cm³/mol. The van der Waals surface area contributed by atoms with Crippen LogP contribution in [0.5, 0.6) is 0 Å². The van der Waals surface area contributed by atoms with Gasteiger partial charge in [-0.05, 0) is 24.7 Å². The van der Waals surface area contributed by atoms with E-state index in [1.165, 1.54) is 19.3 Å². The second-order valence-electron chi connectivity index (χ2n) is 3.13. The molecule has 0 amide bonds. The van der Waals surface area contributed by atoms with E-state index in [4.69, 9.17) is 0 Å². The van der Waals surface area contributed by atoms with Crippen LogP contribution in [0.2, 0.25) is 0 Å². The van der Waals surface area contributed by atoms with Gasteiger partial charge in [-0.2, -0.15) is 0 Å². The Labute approximate surface area is 56.4 Å². The fourth-order valence-electron chi connectivity index (χ4n) is 1.63. The molecule has 9 heavy (non-hydrogen) atoms. The predicted octanol–water partition coefficient (Wildman–Crippen LogP) is 1.92. The lowest BCUT2D eigenvalue weighted by Crippen LogP contribution is -1.93. The number of carbonyl (C=O) groups excluding carboxylic acids is 1. The summed E-state index contributed by atoms with van der Waals surface area (Å²) in [6.45, 7) is 2.25. The molecular weight excluding hydrogens is 112 g/mol. The average molecular weight is 125 g/mol. The molecule has 51 valence electrons. The summed E-state index contributed by atoms with van der Waals surface area (Å²) in [6, 6.07) is 0. The van der Waals surface area contributed by atoms with Crippen LogP contribution in [0, 0.1) is 11.8 Å². The van der Waals surface area contributed by atoms with E-state index in [2.05, 4.69) is 6.92 Å². The number of hydrogen-bond acceptors (Lipinski definition) is 1. The summed E-state index contributed by atoms with van der Waals surface area (Å²) in [5, 5.41) is 0. The molecule has 2 atom stereocenters. The van der Waals surface area contributed by atoms with Crippen LogP contribution in [0.1, 0.15) is 32.6 Å². The fraction of sp³-hybridized carbons (Fsp3) is 0.875. The lowest BCUT2D eigenvalue weighted by Gasteiger charge is -2.00. The minimum Gasteiger partial charge on any atom is -0.291 e. The maximum atomic E-state index is 9.94.